The molecule has 1 amide bonds. The number of rotatable bonds is 5. The van der Waals surface area contributed by atoms with Crippen molar-refractivity contribution < 1.29 is 13.2 Å². The van der Waals surface area contributed by atoms with Gasteiger partial charge in [0.15, 0.2) is 0 Å². The van der Waals surface area contributed by atoms with Crippen LogP contribution in [0.3, 0.4) is 0 Å². The van der Waals surface area contributed by atoms with Gasteiger partial charge in [0.05, 0.1) is 10.6 Å². The highest BCUT2D eigenvalue weighted by Crippen LogP contribution is 2.25. The first-order chi connectivity index (χ1) is 11.2. The Morgan fingerprint density at radius 1 is 1.04 bits per heavy atom. The van der Waals surface area contributed by atoms with E-state index in [9.17, 15) is 13.2 Å². The Kier molecular flexibility index (Phi) is 5.63. The van der Waals surface area contributed by atoms with Crippen LogP contribution in [0.2, 0.25) is 0 Å². The van der Waals surface area contributed by atoms with E-state index >= 15 is 0 Å². The standard InChI is InChI=1S/C16H18BrN3O3S/c1-19(2)24(22,23)15-11-12(9-10-14(15)17)16(21)18-20(3)13-7-5-4-6-8-13/h4-11H,1-3H3,(H,18,21). The van der Waals surface area contributed by atoms with Crippen LogP contribution in [0.25, 0.3) is 0 Å². The van der Waals surface area contributed by atoms with Crippen LogP contribution in [-0.4, -0.2) is 39.8 Å². The lowest BCUT2D eigenvalue weighted by Crippen LogP contribution is -2.39. The fourth-order valence-corrected chi connectivity index (χ4v) is 3.82. The average molecular weight is 412 g/mol. The number of amides is 1. The second-order valence-electron chi connectivity index (χ2n) is 5.27. The third-order valence-electron chi connectivity index (χ3n) is 3.36. The van der Waals surface area contributed by atoms with Gasteiger partial charge < -0.3 is 0 Å². The van der Waals surface area contributed by atoms with Crippen molar-refractivity contribution in [2.75, 3.05) is 26.2 Å². The molecule has 6 nitrogen and oxygen atoms in total. The van der Waals surface area contributed by atoms with Gasteiger partial charge in [-0.15, -0.1) is 0 Å². The lowest BCUT2D eigenvalue weighted by Gasteiger charge is -2.20. The average Bonchev–Trinajstić information content (AvgIpc) is 2.55. The molecule has 0 atom stereocenters. The van der Waals surface area contributed by atoms with Gasteiger partial charge in [0.1, 0.15) is 0 Å². The topological polar surface area (TPSA) is 69.7 Å². The van der Waals surface area contributed by atoms with E-state index in [-0.39, 0.29) is 10.5 Å². The summed E-state index contributed by atoms with van der Waals surface area (Å²) in [6.07, 6.45) is 0. The SMILES string of the molecule is CN(NC(=O)c1ccc(Br)c(S(=O)(=O)N(C)C)c1)c1ccccc1. The number of carbonyl (C=O) groups excluding carboxylic acids is 1. The van der Waals surface area contributed by atoms with Gasteiger partial charge in [-0.25, -0.2) is 12.7 Å². The molecule has 24 heavy (non-hydrogen) atoms. The molecule has 1 N–H and O–H groups in total. The van der Waals surface area contributed by atoms with E-state index in [1.54, 1.807) is 24.2 Å². The van der Waals surface area contributed by atoms with E-state index in [1.807, 2.05) is 30.3 Å². The zero-order chi connectivity index (χ0) is 17.9. The van der Waals surface area contributed by atoms with Gasteiger partial charge in [0.2, 0.25) is 10.0 Å². The van der Waals surface area contributed by atoms with E-state index in [1.165, 1.54) is 20.2 Å². The molecule has 0 unspecified atom stereocenters. The Hall–Kier alpha value is -1.90. The molecule has 0 saturated carbocycles. The van der Waals surface area contributed by atoms with Gasteiger partial charge in [0, 0.05) is 31.2 Å². The Morgan fingerprint density at radius 3 is 2.25 bits per heavy atom. The minimum absolute atomic E-state index is 0.0440. The van der Waals surface area contributed by atoms with Crippen LogP contribution in [0.4, 0.5) is 5.69 Å². The van der Waals surface area contributed by atoms with Crippen LogP contribution in [0.5, 0.6) is 0 Å². The smallest absolute Gasteiger partial charge is 0.269 e. The fraction of sp³-hybridized carbons (Fsp3) is 0.188. The Bertz CT molecular complexity index is 839. The first kappa shape index (κ1) is 18.4. The molecule has 8 heteroatoms. The molecule has 0 spiro atoms. The lowest BCUT2D eigenvalue weighted by atomic mass is 10.2. The second kappa shape index (κ2) is 7.33. The van der Waals surface area contributed by atoms with E-state index in [2.05, 4.69) is 21.4 Å². The van der Waals surface area contributed by atoms with Crippen molar-refractivity contribution in [3.05, 3.63) is 58.6 Å². The van der Waals surface area contributed by atoms with E-state index in [0.717, 1.165) is 9.99 Å². The maximum Gasteiger partial charge on any atom is 0.269 e. The third kappa shape index (κ3) is 3.95. The first-order valence-corrected chi connectivity index (χ1v) is 9.28. The zero-order valence-electron chi connectivity index (χ0n) is 13.5. The number of hydrazine groups is 1. The molecular weight excluding hydrogens is 394 g/mol. The van der Waals surface area contributed by atoms with Gasteiger partial charge in [-0.1, -0.05) is 18.2 Å². The van der Waals surface area contributed by atoms with Gasteiger partial charge in [-0.05, 0) is 46.3 Å². The summed E-state index contributed by atoms with van der Waals surface area (Å²) in [6, 6.07) is 13.8. The summed E-state index contributed by atoms with van der Waals surface area (Å²) in [5.41, 5.74) is 3.77. The quantitative estimate of drug-likeness (QED) is 0.767. The summed E-state index contributed by atoms with van der Waals surface area (Å²) >= 11 is 3.22. The maximum absolute atomic E-state index is 12.4. The summed E-state index contributed by atoms with van der Waals surface area (Å²) in [5.74, 6) is -0.399. The van der Waals surface area contributed by atoms with Gasteiger partial charge in [-0.2, -0.15) is 0 Å². The molecule has 0 heterocycles. The number of halogens is 1. The van der Waals surface area contributed by atoms with Crippen molar-refractivity contribution in [3.8, 4) is 0 Å². The van der Waals surface area contributed by atoms with Crippen LogP contribution in [0, 0.1) is 0 Å². The molecule has 128 valence electrons. The Balaban J connectivity index is 2.28. The molecule has 2 aromatic rings. The third-order valence-corrected chi connectivity index (χ3v) is 6.17. The van der Waals surface area contributed by atoms with Gasteiger partial charge in [-0.3, -0.25) is 15.2 Å². The molecule has 0 radical (unpaired) electrons. The molecule has 2 aromatic carbocycles. The van der Waals surface area contributed by atoms with Crippen molar-refractivity contribution in [3.63, 3.8) is 0 Å². The summed E-state index contributed by atoms with van der Waals surface area (Å²) < 4.78 is 26.2. The predicted octanol–water partition coefficient (Wildman–Crippen LogP) is 2.48. The molecule has 0 fully saturated rings. The van der Waals surface area contributed by atoms with E-state index < -0.39 is 15.9 Å². The Morgan fingerprint density at radius 2 is 1.67 bits per heavy atom. The van der Waals surface area contributed by atoms with Crippen molar-refractivity contribution in [2.24, 2.45) is 0 Å². The van der Waals surface area contributed by atoms with Gasteiger partial charge in [0.25, 0.3) is 5.91 Å². The van der Waals surface area contributed by atoms with Crippen LogP contribution >= 0.6 is 15.9 Å². The number of nitrogens with one attached hydrogen (secondary N) is 1. The lowest BCUT2D eigenvalue weighted by molar-refractivity contribution is 0.0951. The highest BCUT2D eigenvalue weighted by molar-refractivity contribution is 9.10. The van der Waals surface area contributed by atoms with Crippen LogP contribution in [-0.2, 0) is 10.0 Å². The Labute approximate surface area is 150 Å². The number of para-hydroxylation sites is 1. The van der Waals surface area contributed by atoms with E-state index in [0.29, 0.717) is 4.47 Å². The summed E-state index contributed by atoms with van der Waals surface area (Å²) in [6.45, 7) is 0. The molecule has 0 bridgehead atoms. The highest BCUT2D eigenvalue weighted by Gasteiger charge is 2.22. The number of sulfonamides is 1. The molecule has 0 aliphatic carbocycles. The predicted molar refractivity (Wildman–Crippen MR) is 97.3 cm³/mol. The number of carbonyl (C=O) groups is 1. The normalized spacial score (nSPS) is 11.4. The summed E-state index contributed by atoms with van der Waals surface area (Å²) in [5, 5.41) is 1.57. The van der Waals surface area contributed by atoms with Crippen molar-refractivity contribution in [1.29, 1.82) is 0 Å². The monoisotopic (exact) mass is 411 g/mol. The van der Waals surface area contributed by atoms with Crippen molar-refractivity contribution in [2.45, 2.75) is 4.90 Å². The zero-order valence-corrected chi connectivity index (χ0v) is 15.9. The minimum atomic E-state index is -3.65. The number of benzene rings is 2. The maximum atomic E-state index is 12.4. The molecule has 0 aromatic heterocycles. The second-order valence-corrected chi connectivity index (χ2v) is 8.24. The fourth-order valence-electron chi connectivity index (χ4n) is 1.97. The largest absolute Gasteiger partial charge is 0.288 e. The number of nitrogens with zero attached hydrogens (tertiary/aromatic N) is 2. The number of hydrogen-bond donors (Lipinski definition) is 1. The molecule has 0 aliphatic rings. The first-order valence-electron chi connectivity index (χ1n) is 7.05. The van der Waals surface area contributed by atoms with E-state index in [4.69, 9.17) is 0 Å². The summed E-state index contributed by atoms with van der Waals surface area (Å²) in [4.78, 5) is 12.5. The minimum Gasteiger partial charge on any atom is -0.288 e. The number of hydrogen-bond acceptors (Lipinski definition) is 4. The number of anilines is 1. The van der Waals surface area contributed by atoms with Crippen LogP contribution in [0.15, 0.2) is 57.9 Å². The molecular formula is C16H18BrN3O3S. The van der Waals surface area contributed by atoms with Crippen LogP contribution in [0.1, 0.15) is 10.4 Å². The van der Waals surface area contributed by atoms with Crippen molar-refractivity contribution >= 4 is 37.5 Å². The highest BCUT2D eigenvalue weighted by atomic mass is 79.9. The molecule has 2 rings (SSSR count). The molecule has 0 saturated heterocycles. The summed E-state index contributed by atoms with van der Waals surface area (Å²) in [7, 11) is 0.945. The van der Waals surface area contributed by atoms with Crippen molar-refractivity contribution in [1.82, 2.24) is 9.73 Å². The molecule has 0 aliphatic heterocycles. The van der Waals surface area contributed by atoms with Crippen LogP contribution < -0.4 is 10.4 Å². The van der Waals surface area contributed by atoms with Gasteiger partial charge >= 0.3 is 0 Å².